The van der Waals surface area contributed by atoms with Crippen molar-refractivity contribution in [1.29, 1.82) is 0 Å². The minimum Gasteiger partial charge on any atom is -0.385 e. The third-order valence-electron chi connectivity index (χ3n) is 5.82. The van der Waals surface area contributed by atoms with Crippen LogP contribution in [0.2, 0.25) is 0 Å². The van der Waals surface area contributed by atoms with Gasteiger partial charge in [-0.3, -0.25) is 19.4 Å². The Morgan fingerprint density at radius 2 is 1.79 bits per heavy atom. The Morgan fingerprint density at radius 1 is 1.07 bits per heavy atom. The highest BCUT2D eigenvalue weighted by Gasteiger charge is 2.38. The second kappa shape index (κ2) is 7.67. The third kappa shape index (κ3) is 3.81. The zero-order valence-corrected chi connectivity index (χ0v) is 15.9. The largest absolute Gasteiger partial charge is 0.385 e. The summed E-state index contributed by atoms with van der Waals surface area (Å²) in [6.07, 6.45) is -0.365. The molecule has 2 aliphatic rings. The van der Waals surface area contributed by atoms with Crippen LogP contribution in [0.15, 0.2) is 48.5 Å². The van der Waals surface area contributed by atoms with Gasteiger partial charge in [0.2, 0.25) is 5.78 Å². The first-order valence-electron chi connectivity index (χ1n) is 9.70. The van der Waals surface area contributed by atoms with E-state index in [2.05, 4.69) is 0 Å². The Labute approximate surface area is 168 Å². The Hall–Kier alpha value is -2.61. The van der Waals surface area contributed by atoms with Crippen LogP contribution in [0.25, 0.3) is 0 Å². The lowest BCUT2D eigenvalue weighted by Gasteiger charge is -2.41. The van der Waals surface area contributed by atoms with E-state index in [4.69, 9.17) is 0 Å². The molecule has 0 spiro atoms. The molecule has 0 radical (unpaired) electrons. The van der Waals surface area contributed by atoms with Gasteiger partial charge in [0.15, 0.2) is 0 Å². The Balaban J connectivity index is 1.44. The fourth-order valence-electron chi connectivity index (χ4n) is 4.17. The molecule has 1 amide bonds. The number of aliphatic hydroxyl groups excluding tert-OH is 1. The third-order valence-corrected chi connectivity index (χ3v) is 5.82. The number of piperidine rings is 1. The molecule has 7 heteroatoms. The van der Waals surface area contributed by atoms with Gasteiger partial charge >= 0.3 is 0 Å². The first kappa shape index (κ1) is 19.7. The summed E-state index contributed by atoms with van der Waals surface area (Å²) in [6.45, 7) is 1.11. The number of rotatable bonds is 4. The summed E-state index contributed by atoms with van der Waals surface area (Å²) >= 11 is 0. The maximum Gasteiger partial charge on any atom is 0.296 e. The average Bonchev–Trinajstić information content (AvgIpc) is 2.71. The first-order chi connectivity index (χ1) is 13.9. The lowest BCUT2D eigenvalue weighted by atomic mass is 9.84. The van der Waals surface area contributed by atoms with Gasteiger partial charge in [-0.2, -0.15) is 0 Å². The minimum absolute atomic E-state index is 0.0443. The van der Waals surface area contributed by atoms with Gasteiger partial charge in [-0.1, -0.05) is 30.3 Å². The molecule has 2 aliphatic heterocycles. The van der Waals surface area contributed by atoms with Crippen molar-refractivity contribution in [2.45, 2.75) is 31.1 Å². The number of anilines is 1. The maximum atomic E-state index is 13.5. The lowest BCUT2D eigenvalue weighted by molar-refractivity contribution is -0.137. The van der Waals surface area contributed by atoms with E-state index < -0.39 is 23.5 Å². The molecule has 2 aromatic rings. The number of amides is 1. The van der Waals surface area contributed by atoms with Gasteiger partial charge in [0.25, 0.3) is 5.91 Å². The number of benzene rings is 2. The normalized spacial score (nSPS) is 20.4. The number of fused-ring (bicyclic) bond motifs is 1. The van der Waals surface area contributed by atoms with Gasteiger partial charge in [-0.05, 0) is 42.2 Å². The van der Waals surface area contributed by atoms with Crippen LogP contribution in [-0.4, -0.2) is 52.7 Å². The number of hydrogen-bond acceptors (Lipinski definition) is 5. The van der Waals surface area contributed by atoms with Crippen molar-refractivity contribution < 1.29 is 24.2 Å². The van der Waals surface area contributed by atoms with Gasteiger partial charge in [0.1, 0.15) is 12.0 Å². The van der Waals surface area contributed by atoms with E-state index in [0.29, 0.717) is 37.2 Å². The summed E-state index contributed by atoms with van der Waals surface area (Å²) in [5.41, 5.74) is 0.698. The number of Topliss-reactive ketones (excluding diaryl/α,β-unsaturated/α-hetero) is 1. The summed E-state index contributed by atoms with van der Waals surface area (Å²) in [5, 5.41) is 21.7. The van der Waals surface area contributed by atoms with Crippen LogP contribution in [0.1, 0.15) is 24.0 Å². The lowest BCUT2D eigenvalue weighted by Crippen LogP contribution is -2.54. The van der Waals surface area contributed by atoms with Crippen LogP contribution < -0.4 is 4.90 Å². The number of para-hydroxylation sites is 1. The second-order valence-electron chi connectivity index (χ2n) is 7.73. The predicted octanol–water partition coefficient (Wildman–Crippen LogP) is 1.59. The summed E-state index contributed by atoms with van der Waals surface area (Å²) in [7, 11) is 0. The SMILES string of the molecule is O=C1Cc2ccccc2N(C(O)CN2CCC(O)(c3cccc(F)c3)CC2)C1=O. The Morgan fingerprint density at radius 3 is 2.52 bits per heavy atom. The monoisotopic (exact) mass is 398 g/mol. The summed E-state index contributed by atoms with van der Waals surface area (Å²) in [6, 6.07) is 13.0. The highest BCUT2D eigenvalue weighted by molar-refractivity contribution is 6.43. The number of aliphatic hydroxyl groups is 2. The Kier molecular flexibility index (Phi) is 5.21. The number of carbonyl (C=O) groups excluding carboxylic acids is 2. The maximum absolute atomic E-state index is 13.5. The highest BCUT2D eigenvalue weighted by Crippen LogP contribution is 2.34. The number of ketones is 1. The predicted molar refractivity (Wildman–Crippen MR) is 105 cm³/mol. The van der Waals surface area contributed by atoms with E-state index in [1.54, 1.807) is 36.4 Å². The van der Waals surface area contributed by atoms with Crippen molar-refractivity contribution in [3.05, 3.63) is 65.5 Å². The van der Waals surface area contributed by atoms with Gasteiger partial charge in [-0.25, -0.2) is 4.39 Å². The van der Waals surface area contributed by atoms with Crippen molar-refractivity contribution in [1.82, 2.24) is 4.90 Å². The van der Waals surface area contributed by atoms with Crippen LogP contribution >= 0.6 is 0 Å². The van der Waals surface area contributed by atoms with Crippen LogP contribution in [-0.2, 0) is 21.6 Å². The quantitative estimate of drug-likeness (QED) is 0.765. The van der Waals surface area contributed by atoms with Gasteiger partial charge < -0.3 is 10.2 Å². The zero-order valence-electron chi connectivity index (χ0n) is 15.9. The number of halogens is 1. The molecule has 152 valence electrons. The van der Waals surface area contributed by atoms with Crippen LogP contribution in [0, 0.1) is 5.82 Å². The number of carbonyl (C=O) groups is 2. The molecule has 2 N–H and O–H groups in total. The van der Waals surface area contributed by atoms with E-state index in [-0.39, 0.29) is 18.8 Å². The first-order valence-corrected chi connectivity index (χ1v) is 9.70. The molecule has 4 rings (SSSR count). The minimum atomic E-state index is -1.17. The molecule has 1 saturated heterocycles. The van der Waals surface area contributed by atoms with E-state index in [1.807, 2.05) is 4.90 Å². The summed E-state index contributed by atoms with van der Waals surface area (Å²) in [4.78, 5) is 27.6. The van der Waals surface area contributed by atoms with Crippen LogP contribution in [0.5, 0.6) is 0 Å². The molecule has 1 atom stereocenters. The molecule has 0 aromatic heterocycles. The molecular weight excluding hydrogens is 375 g/mol. The highest BCUT2D eigenvalue weighted by atomic mass is 19.1. The molecule has 29 heavy (non-hydrogen) atoms. The second-order valence-corrected chi connectivity index (χ2v) is 7.73. The fraction of sp³-hybridized carbons (Fsp3) is 0.364. The molecule has 1 fully saturated rings. The van der Waals surface area contributed by atoms with Crippen molar-refractivity contribution in [3.63, 3.8) is 0 Å². The van der Waals surface area contributed by atoms with Gasteiger partial charge in [-0.15, -0.1) is 0 Å². The molecular formula is C22H23FN2O4. The number of β-amino-alcohol motifs (C(OH)–C–C–N with tert-alkyl or cyclic N) is 1. The van der Waals surface area contributed by atoms with Crippen molar-refractivity contribution in [2.24, 2.45) is 0 Å². The summed E-state index contributed by atoms with van der Waals surface area (Å²) in [5.74, 6) is -1.63. The zero-order chi connectivity index (χ0) is 20.6. The fourth-order valence-corrected chi connectivity index (χ4v) is 4.17. The topological polar surface area (TPSA) is 81.1 Å². The van der Waals surface area contributed by atoms with Crippen LogP contribution in [0.3, 0.4) is 0 Å². The van der Waals surface area contributed by atoms with E-state index >= 15 is 0 Å². The number of nitrogens with zero attached hydrogens (tertiary/aromatic N) is 2. The van der Waals surface area contributed by atoms with Crippen molar-refractivity contribution in [2.75, 3.05) is 24.5 Å². The molecule has 2 heterocycles. The van der Waals surface area contributed by atoms with Gasteiger partial charge in [0.05, 0.1) is 11.3 Å². The average molecular weight is 398 g/mol. The smallest absolute Gasteiger partial charge is 0.296 e. The van der Waals surface area contributed by atoms with Crippen molar-refractivity contribution in [3.8, 4) is 0 Å². The molecule has 0 saturated carbocycles. The Bertz CT molecular complexity index is 940. The number of hydrogen-bond donors (Lipinski definition) is 2. The van der Waals surface area contributed by atoms with E-state index in [9.17, 15) is 24.2 Å². The van der Waals surface area contributed by atoms with E-state index in [0.717, 1.165) is 10.5 Å². The van der Waals surface area contributed by atoms with E-state index in [1.165, 1.54) is 12.1 Å². The van der Waals surface area contributed by atoms with Crippen molar-refractivity contribution >= 4 is 17.4 Å². The number of likely N-dealkylation sites (tertiary alicyclic amines) is 1. The van der Waals surface area contributed by atoms with Crippen LogP contribution in [0.4, 0.5) is 10.1 Å². The molecule has 6 nitrogen and oxygen atoms in total. The van der Waals surface area contributed by atoms with Gasteiger partial charge in [0, 0.05) is 26.1 Å². The standard InChI is InChI=1S/C22H23FN2O4/c23-17-6-3-5-16(13-17)22(29)8-10-24(11-9-22)14-20(27)25-18-7-2-1-4-15(18)12-19(26)21(25)28/h1-7,13,20,27,29H,8-12,14H2. The summed E-state index contributed by atoms with van der Waals surface area (Å²) < 4.78 is 13.5. The molecule has 0 aliphatic carbocycles. The molecule has 2 aromatic carbocycles. The molecule has 1 unspecified atom stereocenters. The molecule has 0 bridgehead atoms.